The Bertz CT molecular complexity index is 831. The molecule has 110 valence electrons. The summed E-state index contributed by atoms with van der Waals surface area (Å²) in [5.74, 6) is 0.425. The average molecular weight is 292 g/mol. The van der Waals surface area contributed by atoms with Crippen molar-refractivity contribution < 1.29 is 9.84 Å². The van der Waals surface area contributed by atoms with E-state index in [1.807, 2.05) is 38.1 Å². The monoisotopic (exact) mass is 292 g/mol. The van der Waals surface area contributed by atoms with E-state index in [2.05, 4.69) is 6.07 Å². The number of hydrogen-bond donors (Lipinski definition) is 2. The number of ether oxygens (including phenoxy) is 1. The Morgan fingerprint density at radius 1 is 1.23 bits per heavy atom. The highest BCUT2D eigenvalue weighted by Gasteiger charge is 2.32. The predicted molar refractivity (Wildman–Crippen MR) is 83.3 cm³/mol. The number of aryl methyl sites for hydroxylation is 2. The first-order valence-corrected chi connectivity index (χ1v) is 6.99. The summed E-state index contributed by atoms with van der Waals surface area (Å²) in [5, 5.41) is 19.3. The van der Waals surface area contributed by atoms with Crippen molar-refractivity contribution in [3.05, 3.63) is 70.1 Å². The van der Waals surface area contributed by atoms with Crippen LogP contribution in [0.1, 0.15) is 28.2 Å². The molecule has 2 aromatic rings. The second-order valence-electron chi connectivity index (χ2n) is 5.51. The minimum absolute atomic E-state index is 0.0894. The number of hydrogen-bond acceptors (Lipinski definition) is 4. The number of rotatable bonds is 1. The van der Waals surface area contributed by atoms with Gasteiger partial charge >= 0.3 is 0 Å². The number of allylic oxidation sites excluding steroid dienone is 1. The molecule has 0 aromatic heterocycles. The molecule has 0 radical (unpaired) electrons. The topological polar surface area (TPSA) is 79.3 Å². The van der Waals surface area contributed by atoms with Crippen LogP contribution in [-0.2, 0) is 0 Å². The molecule has 3 N–H and O–H groups in total. The fraction of sp³-hybridized carbons (Fsp3) is 0.167. The quantitative estimate of drug-likeness (QED) is 0.845. The number of fused-ring (bicyclic) bond motifs is 1. The third kappa shape index (κ3) is 2.17. The van der Waals surface area contributed by atoms with Crippen LogP contribution in [0.2, 0.25) is 0 Å². The number of benzene rings is 2. The molecule has 4 heteroatoms. The van der Waals surface area contributed by atoms with Gasteiger partial charge in [0.25, 0.3) is 0 Å². The highest BCUT2D eigenvalue weighted by molar-refractivity contribution is 5.60. The van der Waals surface area contributed by atoms with Crippen LogP contribution >= 0.6 is 0 Å². The zero-order valence-corrected chi connectivity index (χ0v) is 12.4. The molecule has 1 aliphatic heterocycles. The van der Waals surface area contributed by atoms with Crippen LogP contribution < -0.4 is 10.5 Å². The van der Waals surface area contributed by atoms with Gasteiger partial charge in [-0.1, -0.05) is 29.8 Å². The fourth-order valence-electron chi connectivity index (χ4n) is 2.96. The first-order valence-electron chi connectivity index (χ1n) is 6.99. The van der Waals surface area contributed by atoms with Crippen molar-refractivity contribution in [2.75, 3.05) is 0 Å². The Morgan fingerprint density at radius 2 is 2.00 bits per heavy atom. The maximum absolute atomic E-state index is 9.78. The summed E-state index contributed by atoms with van der Waals surface area (Å²) in [6, 6.07) is 13.4. The van der Waals surface area contributed by atoms with E-state index in [9.17, 15) is 10.4 Å². The average Bonchev–Trinajstić information content (AvgIpc) is 2.45. The van der Waals surface area contributed by atoms with Crippen LogP contribution in [0.5, 0.6) is 11.5 Å². The van der Waals surface area contributed by atoms with Gasteiger partial charge in [0.2, 0.25) is 5.88 Å². The van der Waals surface area contributed by atoms with Gasteiger partial charge in [-0.15, -0.1) is 0 Å². The summed E-state index contributed by atoms with van der Waals surface area (Å²) in [4.78, 5) is 0. The Morgan fingerprint density at radius 3 is 2.68 bits per heavy atom. The second-order valence-corrected chi connectivity index (χ2v) is 5.51. The minimum atomic E-state index is -0.283. The van der Waals surface area contributed by atoms with Gasteiger partial charge in [-0.2, -0.15) is 5.26 Å². The summed E-state index contributed by atoms with van der Waals surface area (Å²) in [6.07, 6.45) is 0. The van der Waals surface area contributed by atoms with Gasteiger partial charge in [-0.05, 0) is 31.0 Å². The third-order valence-electron chi connectivity index (χ3n) is 3.89. The Balaban J connectivity index is 2.30. The lowest BCUT2D eigenvalue weighted by molar-refractivity contribution is 0.387. The van der Waals surface area contributed by atoms with Crippen molar-refractivity contribution in [3.63, 3.8) is 0 Å². The van der Waals surface area contributed by atoms with Crippen molar-refractivity contribution in [2.24, 2.45) is 5.73 Å². The Hall–Kier alpha value is -2.93. The smallest absolute Gasteiger partial charge is 0.205 e. The maximum atomic E-state index is 9.78. The lowest BCUT2D eigenvalue weighted by Crippen LogP contribution is -2.21. The first kappa shape index (κ1) is 14.0. The first-order chi connectivity index (χ1) is 10.5. The van der Waals surface area contributed by atoms with E-state index in [1.165, 1.54) is 6.07 Å². The zero-order valence-electron chi connectivity index (χ0n) is 12.4. The molecule has 4 nitrogen and oxygen atoms in total. The molecule has 1 atom stereocenters. The largest absolute Gasteiger partial charge is 0.508 e. The summed E-state index contributed by atoms with van der Waals surface area (Å²) in [7, 11) is 0. The van der Waals surface area contributed by atoms with E-state index in [-0.39, 0.29) is 17.6 Å². The molecule has 0 bridgehead atoms. The zero-order chi connectivity index (χ0) is 15.9. The summed E-state index contributed by atoms with van der Waals surface area (Å²) in [5.41, 5.74) is 10.1. The standard InChI is InChI=1S/C18H16N2O2/c1-10-4-3-5-12(6-10)17-14(9-19)18(20)22-15-8-13(21)7-11(2)16(15)17/h3-8,17,21H,20H2,1-2H3. The number of nitriles is 1. The van der Waals surface area contributed by atoms with Gasteiger partial charge < -0.3 is 15.6 Å². The van der Waals surface area contributed by atoms with Crippen LogP contribution in [0.4, 0.5) is 0 Å². The van der Waals surface area contributed by atoms with Gasteiger partial charge in [-0.3, -0.25) is 0 Å². The molecule has 1 heterocycles. The van der Waals surface area contributed by atoms with Crippen molar-refractivity contribution in [3.8, 4) is 17.6 Å². The molecule has 0 spiro atoms. The maximum Gasteiger partial charge on any atom is 0.205 e. The van der Waals surface area contributed by atoms with Crippen molar-refractivity contribution >= 4 is 0 Å². The summed E-state index contributed by atoms with van der Waals surface area (Å²) < 4.78 is 5.55. The van der Waals surface area contributed by atoms with Gasteiger partial charge in [-0.25, -0.2) is 0 Å². The van der Waals surface area contributed by atoms with Crippen LogP contribution in [0, 0.1) is 25.2 Å². The molecule has 0 saturated carbocycles. The summed E-state index contributed by atoms with van der Waals surface area (Å²) in [6.45, 7) is 3.90. The molecule has 0 amide bonds. The lowest BCUT2D eigenvalue weighted by atomic mass is 9.81. The SMILES string of the molecule is Cc1cccc(C2C(C#N)=C(N)Oc3cc(O)cc(C)c32)c1. The normalized spacial score (nSPS) is 16.7. The van der Waals surface area contributed by atoms with E-state index in [4.69, 9.17) is 10.5 Å². The molecule has 0 fully saturated rings. The van der Waals surface area contributed by atoms with Gasteiger partial charge in [0.05, 0.1) is 5.92 Å². The van der Waals surface area contributed by atoms with E-state index < -0.39 is 0 Å². The van der Waals surface area contributed by atoms with Crippen LogP contribution in [0.15, 0.2) is 47.9 Å². The van der Waals surface area contributed by atoms with Crippen LogP contribution in [0.3, 0.4) is 0 Å². The van der Waals surface area contributed by atoms with E-state index in [1.54, 1.807) is 6.07 Å². The highest BCUT2D eigenvalue weighted by Crippen LogP contribution is 2.45. The van der Waals surface area contributed by atoms with Crippen molar-refractivity contribution in [1.29, 1.82) is 5.26 Å². The van der Waals surface area contributed by atoms with Gasteiger partial charge in [0, 0.05) is 11.6 Å². The third-order valence-corrected chi connectivity index (χ3v) is 3.89. The number of phenols is 1. The second kappa shape index (κ2) is 5.12. The van der Waals surface area contributed by atoms with Gasteiger partial charge in [0.15, 0.2) is 0 Å². The molecule has 22 heavy (non-hydrogen) atoms. The molecule has 3 rings (SSSR count). The molecular formula is C18H16N2O2. The fourth-order valence-corrected chi connectivity index (χ4v) is 2.96. The Labute approximate surface area is 129 Å². The molecule has 0 aliphatic carbocycles. The number of phenolic OH excluding ortho intramolecular Hbond substituents is 1. The van der Waals surface area contributed by atoms with E-state index in [0.29, 0.717) is 11.3 Å². The summed E-state index contributed by atoms with van der Waals surface area (Å²) >= 11 is 0. The van der Waals surface area contributed by atoms with Gasteiger partial charge in [0.1, 0.15) is 23.1 Å². The molecule has 0 saturated heterocycles. The van der Waals surface area contributed by atoms with Crippen molar-refractivity contribution in [2.45, 2.75) is 19.8 Å². The number of nitrogens with two attached hydrogens (primary N) is 1. The minimum Gasteiger partial charge on any atom is -0.508 e. The number of nitrogens with zero attached hydrogens (tertiary/aromatic N) is 1. The molecule has 1 unspecified atom stereocenters. The predicted octanol–water partition coefficient (Wildman–Crippen LogP) is 3.23. The lowest BCUT2D eigenvalue weighted by Gasteiger charge is -2.28. The molecular weight excluding hydrogens is 276 g/mol. The molecule has 2 aromatic carbocycles. The highest BCUT2D eigenvalue weighted by atomic mass is 16.5. The molecule has 1 aliphatic rings. The Kier molecular flexibility index (Phi) is 3.26. The van der Waals surface area contributed by atoms with Crippen LogP contribution in [0.25, 0.3) is 0 Å². The van der Waals surface area contributed by atoms with E-state index in [0.717, 1.165) is 22.3 Å². The van der Waals surface area contributed by atoms with Crippen molar-refractivity contribution in [1.82, 2.24) is 0 Å². The van der Waals surface area contributed by atoms with E-state index >= 15 is 0 Å². The number of aromatic hydroxyl groups is 1. The van der Waals surface area contributed by atoms with Crippen LogP contribution in [-0.4, -0.2) is 5.11 Å².